The van der Waals surface area contributed by atoms with Gasteiger partial charge in [0.15, 0.2) is 11.1 Å². The molecule has 5 N–H and O–H groups in total. The second kappa shape index (κ2) is 21.1. The SMILES string of the molecule is CN[C@H]1C[C@@H](C(=O)NCCN(Cc2ccccc2S(=O)O)Cc2c3ccccc3cc3ccccc23)N(C(=O)CN(Cc2ccccc2B(O)O)S(=O)(=O)c2cccc3c(N(C)C)cccc23)C1. The third-order valence-electron chi connectivity index (χ3n) is 12.8. The number of likely N-dealkylation sites (N-methyl/N-ethyl adjacent to an activating group) is 1. The Labute approximate surface area is 399 Å². The summed E-state index contributed by atoms with van der Waals surface area (Å²) in [6.45, 7) is 0.414. The first-order chi connectivity index (χ1) is 32.7. The molecule has 1 heterocycles. The number of fused-ring (bicyclic) bond motifs is 3. The van der Waals surface area contributed by atoms with E-state index in [0.29, 0.717) is 46.4 Å². The van der Waals surface area contributed by atoms with E-state index in [9.17, 15) is 36.8 Å². The zero-order chi connectivity index (χ0) is 48.1. The summed E-state index contributed by atoms with van der Waals surface area (Å²) in [6, 6.07) is 41.0. The van der Waals surface area contributed by atoms with E-state index in [0.717, 1.165) is 37.1 Å². The first-order valence-corrected chi connectivity index (χ1v) is 25.0. The number of carbonyl (C=O) groups is 2. The van der Waals surface area contributed by atoms with Crippen LogP contribution in [0.2, 0.25) is 0 Å². The van der Waals surface area contributed by atoms with Crippen molar-refractivity contribution in [2.45, 2.75) is 47.9 Å². The fourth-order valence-corrected chi connectivity index (χ4v) is 11.5. The van der Waals surface area contributed by atoms with Crippen molar-refractivity contribution < 1.29 is 36.8 Å². The molecule has 1 unspecified atom stereocenters. The van der Waals surface area contributed by atoms with E-state index in [4.69, 9.17) is 0 Å². The van der Waals surface area contributed by atoms with E-state index in [-0.39, 0.29) is 42.5 Å². The molecule has 1 aliphatic rings. The van der Waals surface area contributed by atoms with Crippen molar-refractivity contribution in [3.63, 3.8) is 0 Å². The molecule has 2 amide bonds. The molecule has 8 rings (SSSR count). The number of carbonyl (C=O) groups excluding carboxylic acids is 2. The summed E-state index contributed by atoms with van der Waals surface area (Å²) in [5, 5.41) is 32.2. The highest BCUT2D eigenvalue weighted by Crippen LogP contribution is 2.33. The van der Waals surface area contributed by atoms with Crippen molar-refractivity contribution in [3.8, 4) is 0 Å². The minimum atomic E-state index is -4.46. The molecule has 14 nitrogen and oxygen atoms in total. The lowest BCUT2D eigenvalue weighted by atomic mass is 9.77. The standard InChI is InChI=1S/C51H55BN6O8S2/c1-53-39-29-47(51(60)54-26-27-56(30-38-17-7-11-24-48(38)67(63)64)33-44-40-18-8-4-14-35(40)28-36-15-5-9-19-41(36)44)58(32-39)50(59)34-57(31-37-16-6-10-22-45(37)52(61)62)68(65,66)49-25-13-20-42-43(49)21-12-23-46(42)55(2)3/h4-25,28,39,47,53,61-62H,26-27,29-34H2,1-3H3,(H,54,60)(H,63,64)/t39-,47-/m0/s1. The number of hydrogen-bond acceptors (Lipinski definition) is 10. The van der Waals surface area contributed by atoms with Gasteiger partial charge in [0.05, 0.1) is 16.3 Å². The van der Waals surface area contributed by atoms with Gasteiger partial charge < -0.3 is 35.0 Å². The highest BCUT2D eigenvalue weighted by molar-refractivity contribution is 7.89. The lowest BCUT2D eigenvalue weighted by Crippen LogP contribution is -2.50. The first kappa shape index (κ1) is 48.4. The second-order valence-corrected chi connectivity index (χ2v) is 20.2. The smallest absolute Gasteiger partial charge is 0.423 e. The number of rotatable bonds is 18. The van der Waals surface area contributed by atoms with Crippen molar-refractivity contribution in [1.82, 2.24) is 24.7 Å². The van der Waals surface area contributed by atoms with Gasteiger partial charge in [0.1, 0.15) is 6.04 Å². The van der Waals surface area contributed by atoms with Gasteiger partial charge in [0.25, 0.3) is 0 Å². The molecule has 1 saturated heterocycles. The zero-order valence-electron chi connectivity index (χ0n) is 38.2. The lowest BCUT2D eigenvalue weighted by Gasteiger charge is -2.29. The molecule has 1 aliphatic heterocycles. The summed E-state index contributed by atoms with van der Waals surface area (Å²) < 4.78 is 53.6. The predicted octanol–water partition coefficient (Wildman–Crippen LogP) is 4.67. The van der Waals surface area contributed by atoms with Crippen molar-refractivity contribution in [2.75, 3.05) is 52.2 Å². The number of nitrogens with one attached hydrogen (secondary N) is 2. The van der Waals surface area contributed by atoms with Gasteiger partial charge in [0.2, 0.25) is 21.8 Å². The number of amides is 2. The van der Waals surface area contributed by atoms with Gasteiger partial charge in [-0.05, 0) is 81.4 Å². The Morgan fingerprint density at radius 1 is 0.765 bits per heavy atom. The van der Waals surface area contributed by atoms with Crippen LogP contribution in [0.4, 0.5) is 5.69 Å². The summed E-state index contributed by atoms with van der Waals surface area (Å²) >= 11 is -2.23. The minimum absolute atomic E-state index is 0.0220. The van der Waals surface area contributed by atoms with Crippen molar-refractivity contribution >= 4 is 83.5 Å². The summed E-state index contributed by atoms with van der Waals surface area (Å²) in [7, 11) is -0.874. The normalized spacial score (nSPS) is 15.7. The average molecular weight is 955 g/mol. The van der Waals surface area contributed by atoms with Gasteiger partial charge in [-0.3, -0.25) is 14.5 Å². The molecule has 0 aliphatic carbocycles. The largest absolute Gasteiger partial charge is 0.488 e. The number of hydrogen-bond donors (Lipinski definition) is 5. The Morgan fingerprint density at radius 3 is 2.06 bits per heavy atom. The van der Waals surface area contributed by atoms with Gasteiger partial charge in [-0.15, -0.1) is 0 Å². The third-order valence-corrected chi connectivity index (χ3v) is 15.5. The number of sulfonamides is 1. The summed E-state index contributed by atoms with van der Waals surface area (Å²) in [6.07, 6.45) is 0.276. The van der Waals surface area contributed by atoms with Crippen LogP contribution in [0.3, 0.4) is 0 Å². The molecule has 0 radical (unpaired) electrons. The Morgan fingerprint density at radius 2 is 1.38 bits per heavy atom. The molecule has 7 aromatic carbocycles. The molecule has 352 valence electrons. The van der Waals surface area contributed by atoms with E-state index in [1.165, 1.54) is 17.0 Å². The van der Waals surface area contributed by atoms with Crippen molar-refractivity contribution in [1.29, 1.82) is 0 Å². The highest BCUT2D eigenvalue weighted by atomic mass is 32.2. The fraction of sp³-hybridized carbons (Fsp3) is 0.255. The van der Waals surface area contributed by atoms with Crippen LogP contribution in [-0.4, -0.2) is 120 Å². The minimum Gasteiger partial charge on any atom is -0.423 e. The quantitative estimate of drug-likeness (QED) is 0.0458. The fourth-order valence-electron chi connectivity index (χ4n) is 9.39. The monoisotopic (exact) mass is 954 g/mol. The third kappa shape index (κ3) is 10.4. The van der Waals surface area contributed by atoms with Crippen LogP contribution in [0.5, 0.6) is 0 Å². The molecule has 0 bridgehead atoms. The summed E-state index contributed by atoms with van der Waals surface area (Å²) in [5.74, 6) is -1.00. The number of nitrogens with zero attached hydrogens (tertiary/aromatic N) is 4. The Kier molecular flexibility index (Phi) is 15.0. The van der Waals surface area contributed by atoms with Crippen LogP contribution in [0, 0.1) is 0 Å². The van der Waals surface area contributed by atoms with Gasteiger partial charge in [-0.2, -0.15) is 4.31 Å². The van der Waals surface area contributed by atoms with Gasteiger partial charge in [0, 0.05) is 75.9 Å². The Hall–Kier alpha value is -6.02. The predicted molar refractivity (Wildman–Crippen MR) is 269 cm³/mol. The van der Waals surface area contributed by atoms with Crippen LogP contribution in [0.25, 0.3) is 32.3 Å². The molecule has 1 fully saturated rings. The Balaban J connectivity index is 1.07. The number of likely N-dealkylation sites (tertiary alicyclic amines) is 1. The molecule has 0 spiro atoms. The van der Waals surface area contributed by atoms with E-state index in [2.05, 4.69) is 45.9 Å². The van der Waals surface area contributed by atoms with Crippen LogP contribution in [0.15, 0.2) is 149 Å². The van der Waals surface area contributed by atoms with Gasteiger partial charge in [-0.25, -0.2) is 12.6 Å². The molecule has 0 aromatic heterocycles. The first-order valence-electron chi connectivity index (χ1n) is 22.4. The molecule has 7 aromatic rings. The van der Waals surface area contributed by atoms with Crippen molar-refractivity contribution in [3.05, 3.63) is 156 Å². The number of anilines is 1. The van der Waals surface area contributed by atoms with Crippen LogP contribution in [0.1, 0.15) is 23.1 Å². The van der Waals surface area contributed by atoms with Crippen LogP contribution < -0.4 is 21.0 Å². The van der Waals surface area contributed by atoms with E-state index in [1.54, 1.807) is 55.6 Å². The Bertz CT molecular complexity index is 3070. The maximum Gasteiger partial charge on any atom is 0.488 e. The summed E-state index contributed by atoms with van der Waals surface area (Å²) in [5.41, 5.74) is 2.94. The van der Waals surface area contributed by atoms with E-state index in [1.807, 2.05) is 67.5 Å². The molecule has 0 saturated carbocycles. The maximum atomic E-state index is 15.0. The number of benzene rings is 7. The van der Waals surface area contributed by atoms with Crippen molar-refractivity contribution in [2.24, 2.45) is 0 Å². The summed E-state index contributed by atoms with van der Waals surface area (Å²) in [4.78, 5) is 34.7. The second-order valence-electron chi connectivity index (χ2n) is 17.3. The topological polar surface area (TPSA) is 183 Å². The van der Waals surface area contributed by atoms with Crippen LogP contribution >= 0.6 is 0 Å². The van der Waals surface area contributed by atoms with Gasteiger partial charge >= 0.3 is 7.12 Å². The highest BCUT2D eigenvalue weighted by Gasteiger charge is 2.41. The van der Waals surface area contributed by atoms with E-state index < -0.39 is 52.6 Å². The van der Waals surface area contributed by atoms with Gasteiger partial charge in [-0.1, -0.05) is 115 Å². The maximum absolute atomic E-state index is 15.0. The van der Waals surface area contributed by atoms with E-state index >= 15 is 0 Å². The van der Waals surface area contributed by atoms with Crippen LogP contribution in [-0.2, 0) is 50.3 Å². The average Bonchev–Trinajstić information content (AvgIpc) is 3.78. The molecular weight excluding hydrogens is 900 g/mol. The molecule has 3 atom stereocenters. The lowest BCUT2D eigenvalue weighted by molar-refractivity contribution is -0.138. The zero-order valence-corrected chi connectivity index (χ0v) is 39.8. The molecule has 68 heavy (non-hydrogen) atoms. The molecule has 17 heteroatoms. The molecular formula is C51H55BN6O8S2.